The molecule has 1 aliphatic rings. The SMILES string of the molecule is CC(C)(C)OC(=O)N[C@H]1CC[C@@H](CC=O)CC1. The fourth-order valence-corrected chi connectivity index (χ4v) is 2.15. The molecular weight excluding hydrogens is 218 g/mol. The van der Waals surface area contributed by atoms with Gasteiger partial charge in [-0.1, -0.05) is 0 Å². The van der Waals surface area contributed by atoms with Crippen molar-refractivity contribution in [2.24, 2.45) is 5.92 Å². The Morgan fingerprint density at radius 3 is 2.35 bits per heavy atom. The van der Waals surface area contributed by atoms with E-state index in [1.54, 1.807) is 0 Å². The third kappa shape index (κ3) is 5.71. The van der Waals surface area contributed by atoms with Crippen molar-refractivity contribution in [3.05, 3.63) is 0 Å². The summed E-state index contributed by atoms with van der Waals surface area (Å²) >= 11 is 0. The minimum atomic E-state index is -0.446. The van der Waals surface area contributed by atoms with E-state index in [0.29, 0.717) is 12.3 Å². The van der Waals surface area contributed by atoms with E-state index in [9.17, 15) is 9.59 Å². The van der Waals surface area contributed by atoms with E-state index in [4.69, 9.17) is 4.74 Å². The smallest absolute Gasteiger partial charge is 0.407 e. The maximum atomic E-state index is 11.5. The minimum absolute atomic E-state index is 0.202. The van der Waals surface area contributed by atoms with Gasteiger partial charge in [-0.3, -0.25) is 0 Å². The van der Waals surface area contributed by atoms with Crippen LogP contribution in [0.2, 0.25) is 0 Å². The predicted molar refractivity (Wildman–Crippen MR) is 65.8 cm³/mol. The van der Waals surface area contributed by atoms with Gasteiger partial charge in [0.15, 0.2) is 0 Å². The van der Waals surface area contributed by atoms with Crippen molar-refractivity contribution in [2.75, 3.05) is 0 Å². The van der Waals surface area contributed by atoms with Gasteiger partial charge in [0.05, 0.1) is 0 Å². The number of ether oxygens (including phenoxy) is 1. The largest absolute Gasteiger partial charge is 0.444 e. The van der Waals surface area contributed by atoms with Crippen molar-refractivity contribution < 1.29 is 14.3 Å². The summed E-state index contributed by atoms with van der Waals surface area (Å²) in [5, 5.41) is 2.89. The van der Waals surface area contributed by atoms with Gasteiger partial charge in [-0.2, -0.15) is 0 Å². The highest BCUT2D eigenvalue weighted by Gasteiger charge is 2.24. The van der Waals surface area contributed by atoms with Gasteiger partial charge < -0.3 is 14.8 Å². The zero-order valence-corrected chi connectivity index (χ0v) is 11.0. The number of hydrogen-bond donors (Lipinski definition) is 1. The van der Waals surface area contributed by atoms with Gasteiger partial charge in [-0.25, -0.2) is 4.79 Å². The Balaban J connectivity index is 2.26. The van der Waals surface area contributed by atoms with E-state index in [1.807, 2.05) is 20.8 Å². The molecule has 0 aromatic rings. The third-order valence-electron chi connectivity index (χ3n) is 3.00. The zero-order valence-electron chi connectivity index (χ0n) is 11.0. The van der Waals surface area contributed by atoms with Gasteiger partial charge in [0.25, 0.3) is 0 Å². The molecule has 0 atom stereocenters. The Labute approximate surface area is 103 Å². The lowest BCUT2D eigenvalue weighted by Gasteiger charge is -2.29. The molecule has 0 heterocycles. The van der Waals surface area contributed by atoms with E-state index < -0.39 is 5.60 Å². The molecule has 1 N–H and O–H groups in total. The van der Waals surface area contributed by atoms with Crippen LogP contribution in [0.4, 0.5) is 4.79 Å². The van der Waals surface area contributed by atoms with Crippen molar-refractivity contribution in [2.45, 2.75) is 64.5 Å². The first-order chi connectivity index (χ1) is 7.90. The van der Waals surface area contributed by atoms with E-state index in [2.05, 4.69) is 5.32 Å². The Hall–Kier alpha value is -1.06. The number of carbonyl (C=O) groups is 2. The van der Waals surface area contributed by atoms with E-state index in [1.165, 1.54) is 0 Å². The fourth-order valence-electron chi connectivity index (χ4n) is 2.15. The summed E-state index contributed by atoms with van der Waals surface area (Å²) < 4.78 is 5.21. The molecule has 1 aliphatic carbocycles. The van der Waals surface area contributed by atoms with E-state index in [0.717, 1.165) is 32.0 Å². The van der Waals surface area contributed by atoms with Crippen LogP contribution in [-0.4, -0.2) is 24.0 Å². The highest BCUT2D eigenvalue weighted by molar-refractivity contribution is 5.68. The first kappa shape index (κ1) is 14.0. The Morgan fingerprint density at radius 2 is 1.88 bits per heavy atom. The number of hydrogen-bond acceptors (Lipinski definition) is 3. The topological polar surface area (TPSA) is 55.4 Å². The molecule has 1 saturated carbocycles. The van der Waals surface area contributed by atoms with Crippen molar-refractivity contribution in [3.8, 4) is 0 Å². The summed E-state index contributed by atoms with van der Waals surface area (Å²) in [6.07, 6.45) is 5.22. The average Bonchev–Trinajstić information content (AvgIpc) is 2.18. The summed E-state index contributed by atoms with van der Waals surface area (Å²) in [6.45, 7) is 5.56. The highest BCUT2D eigenvalue weighted by atomic mass is 16.6. The number of rotatable bonds is 3. The summed E-state index contributed by atoms with van der Waals surface area (Å²) in [7, 11) is 0. The van der Waals surface area contributed by atoms with Gasteiger partial charge >= 0.3 is 6.09 Å². The average molecular weight is 241 g/mol. The normalized spacial score (nSPS) is 25.1. The maximum absolute atomic E-state index is 11.5. The Kier molecular flexibility index (Phi) is 4.97. The molecule has 1 rings (SSSR count). The molecule has 0 bridgehead atoms. The van der Waals surface area contributed by atoms with Crippen LogP contribution in [-0.2, 0) is 9.53 Å². The number of carbonyl (C=O) groups excluding carboxylic acids is 2. The molecule has 0 spiro atoms. The van der Waals surface area contributed by atoms with Crippen LogP contribution in [0.5, 0.6) is 0 Å². The molecule has 17 heavy (non-hydrogen) atoms. The summed E-state index contributed by atoms with van der Waals surface area (Å²) in [4.78, 5) is 21.9. The standard InChI is InChI=1S/C13H23NO3/c1-13(2,3)17-12(16)14-11-6-4-10(5-7-11)8-9-15/h9-11H,4-8H2,1-3H3,(H,14,16)/t10-,11+. The highest BCUT2D eigenvalue weighted by Crippen LogP contribution is 2.26. The number of aldehydes is 1. The van der Waals surface area contributed by atoms with Crippen LogP contribution in [0.1, 0.15) is 52.9 Å². The van der Waals surface area contributed by atoms with Crippen LogP contribution in [0.25, 0.3) is 0 Å². The van der Waals surface area contributed by atoms with Gasteiger partial charge in [0, 0.05) is 12.5 Å². The van der Waals surface area contributed by atoms with Gasteiger partial charge in [-0.15, -0.1) is 0 Å². The molecule has 98 valence electrons. The maximum Gasteiger partial charge on any atom is 0.407 e. The Bertz CT molecular complexity index is 262. The monoisotopic (exact) mass is 241 g/mol. The predicted octanol–water partition coefficient (Wildman–Crippen LogP) is 2.66. The van der Waals surface area contributed by atoms with Crippen LogP contribution >= 0.6 is 0 Å². The number of nitrogens with one attached hydrogen (secondary N) is 1. The first-order valence-electron chi connectivity index (χ1n) is 6.34. The van der Waals surface area contributed by atoms with Crippen LogP contribution < -0.4 is 5.32 Å². The quantitative estimate of drug-likeness (QED) is 0.773. The molecule has 0 aliphatic heterocycles. The lowest BCUT2D eigenvalue weighted by Crippen LogP contribution is -2.40. The van der Waals surface area contributed by atoms with Crippen molar-refractivity contribution in [3.63, 3.8) is 0 Å². The molecule has 1 amide bonds. The zero-order chi connectivity index (χ0) is 12.9. The molecule has 1 fully saturated rings. The second kappa shape index (κ2) is 6.03. The molecule has 0 radical (unpaired) electrons. The van der Waals surface area contributed by atoms with Gasteiger partial charge in [0.2, 0.25) is 0 Å². The van der Waals surface area contributed by atoms with E-state index >= 15 is 0 Å². The molecule has 0 saturated heterocycles. The fraction of sp³-hybridized carbons (Fsp3) is 0.846. The molecular formula is C13H23NO3. The van der Waals surface area contributed by atoms with Crippen molar-refractivity contribution >= 4 is 12.4 Å². The molecule has 4 nitrogen and oxygen atoms in total. The number of alkyl carbamates (subject to hydrolysis) is 1. The third-order valence-corrected chi connectivity index (χ3v) is 3.00. The van der Waals surface area contributed by atoms with Crippen LogP contribution in [0.3, 0.4) is 0 Å². The summed E-state index contributed by atoms with van der Waals surface area (Å²) in [5.74, 6) is 0.504. The van der Waals surface area contributed by atoms with E-state index in [-0.39, 0.29) is 12.1 Å². The lowest BCUT2D eigenvalue weighted by atomic mass is 9.84. The molecule has 4 heteroatoms. The van der Waals surface area contributed by atoms with Gasteiger partial charge in [-0.05, 0) is 52.4 Å². The molecule has 0 aromatic heterocycles. The molecule has 0 aromatic carbocycles. The summed E-state index contributed by atoms with van der Waals surface area (Å²) in [6, 6.07) is 0.202. The minimum Gasteiger partial charge on any atom is -0.444 e. The number of amides is 1. The van der Waals surface area contributed by atoms with Crippen molar-refractivity contribution in [1.29, 1.82) is 0 Å². The second-order valence-electron chi connectivity index (χ2n) is 5.77. The van der Waals surface area contributed by atoms with Crippen LogP contribution in [0, 0.1) is 5.92 Å². The van der Waals surface area contributed by atoms with Gasteiger partial charge in [0.1, 0.15) is 11.9 Å². The first-order valence-corrected chi connectivity index (χ1v) is 6.34. The van der Waals surface area contributed by atoms with Crippen LogP contribution in [0.15, 0.2) is 0 Å². The molecule has 0 unspecified atom stereocenters. The summed E-state index contributed by atoms with van der Waals surface area (Å²) in [5.41, 5.74) is -0.446. The second-order valence-corrected chi connectivity index (χ2v) is 5.77. The Morgan fingerprint density at radius 1 is 1.29 bits per heavy atom. The lowest BCUT2D eigenvalue weighted by molar-refractivity contribution is -0.108. The van der Waals surface area contributed by atoms with Crippen molar-refractivity contribution in [1.82, 2.24) is 5.32 Å².